The van der Waals surface area contributed by atoms with Gasteiger partial charge in [-0.1, -0.05) is 35.9 Å². The Labute approximate surface area is 201 Å². The molecule has 9 heteroatoms. The van der Waals surface area contributed by atoms with Gasteiger partial charge in [0.25, 0.3) is 5.91 Å². The van der Waals surface area contributed by atoms with Crippen molar-refractivity contribution in [3.63, 3.8) is 0 Å². The van der Waals surface area contributed by atoms with Crippen LogP contribution >= 0.6 is 23.4 Å². The highest BCUT2D eigenvalue weighted by atomic mass is 35.5. The summed E-state index contributed by atoms with van der Waals surface area (Å²) in [5, 5.41) is 10.3. The minimum atomic E-state index is -0.947. The third kappa shape index (κ3) is 3.33. The number of carbonyl (C=O) groups excluding carboxylic acids is 3. The molecular weight excluding hydrogens is 464 g/mol. The van der Waals surface area contributed by atoms with Gasteiger partial charge in [0.1, 0.15) is 6.04 Å². The van der Waals surface area contributed by atoms with Gasteiger partial charge in [-0.2, -0.15) is 0 Å². The number of β-amino-alcohol motifs (C(OH)–C–C–N with tert-alkyl or cyclic N) is 1. The van der Waals surface area contributed by atoms with Crippen LogP contribution in [0, 0.1) is 11.8 Å². The standard InChI is InChI=1S/C24H25ClN2O5S/c1-23-9-2-3-14-32-22(31)18(23)17-20(29)27(12-13-28)19-21(30)26(11-4-10-24(17,19)33-23)16-7-5-15(25)6-8-16/h2,4-10,17-19,28H,3,11-14H2,1H3/t17-,18+,19?,23-,24-/m0/s1. The fourth-order valence-corrected chi connectivity index (χ4v) is 7.97. The quantitative estimate of drug-likeness (QED) is 0.519. The molecule has 174 valence electrons. The second-order valence-corrected chi connectivity index (χ2v) is 11.2. The lowest BCUT2D eigenvalue weighted by Gasteiger charge is -2.36. The number of hydrogen-bond acceptors (Lipinski definition) is 6. The average molecular weight is 489 g/mol. The number of likely N-dealkylation sites (tertiary alicyclic amines) is 1. The van der Waals surface area contributed by atoms with Gasteiger partial charge in [0, 0.05) is 28.5 Å². The van der Waals surface area contributed by atoms with E-state index in [1.54, 1.807) is 29.2 Å². The predicted molar refractivity (Wildman–Crippen MR) is 126 cm³/mol. The summed E-state index contributed by atoms with van der Waals surface area (Å²) in [5.41, 5.74) is 0.672. The molecule has 1 aromatic carbocycles. The van der Waals surface area contributed by atoms with Crippen LogP contribution in [0.4, 0.5) is 5.69 Å². The first-order chi connectivity index (χ1) is 15.8. The van der Waals surface area contributed by atoms with E-state index in [0.717, 1.165) is 0 Å². The van der Waals surface area contributed by atoms with Gasteiger partial charge in [-0.05, 0) is 37.6 Å². The van der Waals surface area contributed by atoms with E-state index in [4.69, 9.17) is 16.3 Å². The topological polar surface area (TPSA) is 87.1 Å². The van der Waals surface area contributed by atoms with Crippen LogP contribution in [0.3, 0.4) is 0 Å². The summed E-state index contributed by atoms with van der Waals surface area (Å²) in [6.07, 6.45) is 8.43. The number of carbonyl (C=O) groups is 3. The average Bonchev–Trinajstić information content (AvgIpc) is 3.08. The molecule has 5 rings (SSSR count). The van der Waals surface area contributed by atoms with Crippen LogP contribution in [0.25, 0.3) is 0 Å². The van der Waals surface area contributed by atoms with Crippen molar-refractivity contribution in [3.05, 3.63) is 53.6 Å². The van der Waals surface area contributed by atoms with Crippen LogP contribution in [0.2, 0.25) is 5.02 Å². The Morgan fingerprint density at radius 3 is 2.61 bits per heavy atom. The highest BCUT2D eigenvalue weighted by molar-refractivity contribution is 8.02. The molecular formula is C24H25ClN2O5S. The van der Waals surface area contributed by atoms with E-state index >= 15 is 0 Å². The zero-order valence-corrected chi connectivity index (χ0v) is 19.7. The van der Waals surface area contributed by atoms with Gasteiger partial charge < -0.3 is 19.6 Å². The molecule has 1 unspecified atom stereocenters. The number of fused-ring (bicyclic) bond motifs is 2. The molecule has 4 heterocycles. The zero-order valence-electron chi connectivity index (χ0n) is 18.1. The summed E-state index contributed by atoms with van der Waals surface area (Å²) < 4.78 is 3.85. The molecule has 0 bridgehead atoms. The summed E-state index contributed by atoms with van der Waals surface area (Å²) in [6, 6.07) is 6.13. The molecule has 4 aliphatic rings. The molecule has 0 radical (unpaired) electrons. The largest absolute Gasteiger partial charge is 0.465 e. The van der Waals surface area contributed by atoms with Crippen molar-refractivity contribution in [2.75, 3.05) is 31.2 Å². The number of rotatable bonds is 3. The first-order valence-electron chi connectivity index (χ1n) is 11.0. The number of benzene rings is 1. The van der Waals surface area contributed by atoms with Crippen LogP contribution < -0.4 is 4.90 Å². The molecule has 2 saturated heterocycles. The molecule has 1 aromatic rings. The molecule has 0 aliphatic carbocycles. The maximum Gasteiger partial charge on any atom is 0.311 e. The van der Waals surface area contributed by atoms with Crippen LogP contribution in [0.5, 0.6) is 0 Å². The SMILES string of the molecule is C[C@]12C=CCCOC(=O)[C@H]1[C@H]1C(=O)N(CCO)C3C(=O)N(c4ccc(Cl)cc4)CC=C[C@@]31S2. The minimum Gasteiger partial charge on any atom is -0.465 e. The van der Waals surface area contributed by atoms with E-state index in [1.807, 2.05) is 31.2 Å². The number of cyclic esters (lactones) is 1. The predicted octanol–water partition coefficient (Wildman–Crippen LogP) is 2.43. The second kappa shape index (κ2) is 8.18. The number of aliphatic hydroxyl groups excluding tert-OH is 1. The van der Waals surface area contributed by atoms with Gasteiger partial charge in [-0.3, -0.25) is 14.4 Å². The monoisotopic (exact) mass is 488 g/mol. The number of hydrogen-bond donors (Lipinski definition) is 1. The molecule has 2 fully saturated rings. The molecule has 5 atom stereocenters. The van der Waals surface area contributed by atoms with Gasteiger partial charge >= 0.3 is 5.97 Å². The first kappa shape index (κ1) is 22.5. The van der Waals surface area contributed by atoms with E-state index in [-0.39, 0.29) is 31.6 Å². The van der Waals surface area contributed by atoms with Crippen LogP contribution in [0.1, 0.15) is 13.3 Å². The Hall–Kier alpha value is -2.29. The normalized spacial score (nSPS) is 35.5. The van der Waals surface area contributed by atoms with Crippen molar-refractivity contribution in [1.82, 2.24) is 4.90 Å². The summed E-state index contributed by atoms with van der Waals surface area (Å²) in [5.74, 6) is -2.43. The Kier molecular flexibility index (Phi) is 5.58. The van der Waals surface area contributed by atoms with Crippen LogP contribution in [-0.2, 0) is 19.1 Å². The maximum atomic E-state index is 14.0. The third-order valence-corrected chi connectivity index (χ3v) is 9.05. The Bertz CT molecular complexity index is 1060. The smallest absolute Gasteiger partial charge is 0.311 e. The second-order valence-electron chi connectivity index (χ2n) is 8.94. The molecule has 1 N–H and O–H groups in total. The summed E-state index contributed by atoms with van der Waals surface area (Å²) in [7, 11) is 0. The van der Waals surface area contributed by atoms with Gasteiger partial charge in [0.05, 0.1) is 29.8 Å². The fraction of sp³-hybridized carbons (Fsp3) is 0.458. The summed E-state index contributed by atoms with van der Waals surface area (Å²) in [6.45, 7) is 2.28. The number of ether oxygens (including phenoxy) is 1. The van der Waals surface area contributed by atoms with E-state index in [2.05, 4.69) is 0 Å². The van der Waals surface area contributed by atoms with Crippen LogP contribution in [0.15, 0.2) is 48.6 Å². The van der Waals surface area contributed by atoms with Crippen molar-refractivity contribution in [2.45, 2.75) is 28.9 Å². The van der Waals surface area contributed by atoms with Gasteiger partial charge in [-0.15, -0.1) is 11.8 Å². The Morgan fingerprint density at radius 2 is 1.88 bits per heavy atom. The number of aliphatic hydroxyl groups is 1. The first-order valence-corrected chi connectivity index (χ1v) is 12.2. The van der Waals surface area contributed by atoms with E-state index in [0.29, 0.717) is 23.7 Å². The number of anilines is 1. The van der Waals surface area contributed by atoms with Crippen molar-refractivity contribution in [1.29, 1.82) is 0 Å². The van der Waals surface area contributed by atoms with Crippen molar-refractivity contribution in [3.8, 4) is 0 Å². The molecule has 4 aliphatic heterocycles. The van der Waals surface area contributed by atoms with Crippen molar-refractivity contribution < 1.29 is 24.2 Å². The number of esters is 1. The minimum absolute atomic E-state index is 0.0185. The van der Waals surface area contributed by atoms with Gasteiger partial charge in [-0.25, -0.2) is 0 Å². The highest BCUT2D eigenvalue weighted by Crippen LogP contribution is 2.65. The lowest BCUT2D eigenvalue weighted by molar-refractivity contribution is -0.154. The number of nitrogens with zero attached hydrogens (tertiary/aromatic N) is 2. The molecule has 0 saturated carbocycles. The third-order valence-electron chi connectivity index (χ3n) is 7.00. The maximum absolute atomic E-state index is 14.0. The number of thioether (sulfide) groups is 1. The van der Waals surface area contributed by atoms with Gasteiger partial charge in [0.2, 0.25) is 5.91 Å². The number of amides is 2. The molecule has 33 heavy (non-hydrogen) atoms. The highest BCUT2D eigenvalue weighted by Gasteiger charge is 2.73. The lowest BCUT2D eigenvalue weighted by Crippen LogP contribution is -2.54. The Morgan fingerprint density at radius 1 is 1.12 bits per heavy atom. The van der Waals surface area contributed by atoms with E-state index in [9.17, 15) is 19.5 Å². The summed E-state index contributed by atoms with van der Waals surface area (Å²) >= 11 is 7.53. The molecule has 1 spiro atoms. The molecule has 2 amide bonds. The Balaban J connectivity index is 1.64. The van der Waals surface area contributed by atoms with E-state index in [1.165, 1.54) is 16.7 Å². The van der Waals surface area contributed by atoms with Crippen LogP contribution in [-0.4, -0.2) is 69.6 Å². The van der Waals surface area contributed by atoms with Gasteiger partial charge in [0.15, 0.2) is 0 Å². The van der Waals surface area contributed by atoms with Crippen molar-refractivity contribution >= 4 is 46.8 Å². The number of halogens is 1. The zero-order chi connectivity index (χ0) is 23.4. The lowest BCUT2D eigenvalue weighted by atomic mass is 9.74. The fourth-order valence-electron chi connectivity index (χ4n) is 5.69. The molecule has 7 nitrogen and oxygen atoms in total. The van der Waals surface area contributed by atoms with Crippen molar-refractivity contribution in [2.24, 2.45) is 11.8 Å². The summed E-state index contributed by atoms with van der Waals surface area (Å²) in [4.78, 5) is 44.0. The molecule has 0 aromatic heterocycles. The van der Waals surface area contributed by atoms with E-state index < -0.39 is 33.3 Å².